The molecule has 1 atom stereocenters. The lowest BCUT2D eigenvalue weighted by Gasteiger charge is -2.18. The molecule has 0 saturated heterocycles. The zero-order chi connectivity index (χ0) is 14.0. The molecule has 6 heteroatoms. The lowest BCUT2D eigenvalue weighted by molar-refractivity contribution is -0.189. The van der Waals surface area contributed by atoms with E-state index in [2.05, 4.69) is 4.98 Å². The maximum atomic E-state index is 12.5. The summed E-state index contributed by atoms with van der Waals surface area (Å²) < 4.78 is 42.4. The van der Waals surface area contributed by atoms with Crippen molar-refractivity contribution < 1.29 is 23.0 Å². The Labute approximate surface area is 107 Å². The molecule has 1 aromatic carbocycles. The molecule has 102 valence electrons. The second-order valence-corrected chi connectivity index (χ2v) is 4.10. The van der Waals surface area contributed by atoms with Crippen molar-refractivity contribution in [3.05, 3.63) is 36.0 Å². The summed E-state index contributed by atoms with van der Waals surface area (Å²) in [7, 11) is 0. The number of pyridine rings is 1. The molecule has 0 aliphatic heterocycles. The highest BCUT2D eigenvalue weighted by Crippen LogP contribution is 2.29. The van der Waals surface area contributed by atoms with Gasteiger partial charge in [0.1, 0.15) is 0 Å². The van der Waals surface area contributed by atoms with Crippen LogP contribution in [0.2, 0.25) is 0 Å². The SMILES string of the molecule is CC(Oc1nc(CO)cc2ccccc12)C(F)(F)F. The first kappa shape index (κ1) is 13.6. The van der Waals surface area contributed by atoms with Crippen molar-refractivity contribution in [3.63, 3.8) is 0 Å². The Bertz CT molecular complexity index is 584. The molecule has 1 heterocycles. The van der Waals surface area contributed by atoms with Crippen LogP contribution in [-0.2, 0) is 6.61 Å². The third-order valence-corrected chi connectivity index (χ3v) is 2.67. The molecule has 0 amide bonds. The Balaban J connectivity index is 2.46. The maximum Gasteiger partial charge on any atom is 0.425 e. The number of halogens is 3. The third kappa shape index (κ3) is 2.96. The summed E-state index contributed by atoms with van der Waals surface area (Å²) in [4.78, 5) is 3.90. The maximum absolute atomic E-state index is 12.5. The van der Waals surface area contributed by atoms with Crippen molar-refractivity contribution >= 4 is 10.8 Å². The number of hydrogen-bond donors (Lipinski definition) is 1. The molecule has 3 nitrogen and oxygen atoms in total. The molecule has 0 saturated carbocycles. The molecule has 1 aromatic heterocycles. The van der Waals surface area contributed by atoms with E-state index in [9.17, 15) is 13.2 Å². The molecule has 1 N–H and O–H groups in total. The molecular formula is C13H12F3NO2. The van der Waals surface area contributed by atoms with Crippen LogP contribution in [0, 0.1) is 0 Å². The van der Waals surface area contributed by atoms with Crippen molar-refractivity contribution in [1.29, 1.82) is 0 Å². The average molecular weight is 271 g/mol. The van der Waals surface area contributed by atoms with Crippen molar-refractivity contribution in [1.82, 2.24) is 4.98 Å². The highest BCUT2D eigenvalue weighted by Gasteiger charge is 2.38. The molecule has 0 fully saturated rings. The van der Waals surface area contributed by atoms with Gasteiger partial charge < -0.3 is 9.84 Å². The van der Waals surface area contributed by atoms with E-state index in [1.54, 1.807) is 30.3 Å². The predicted octanol–water partition coefficient (Wildman–Crippen LogP) is 3.06. The minimum absolute atomic E-state index is 0.119. The zero-order valence-electron chi connectivity index (χ0n) is 10.1. The summed E-state index contributed by atoms with van der Waals surface area (Å²) in [6.45, 7) is 0.559. The zero-order valence-corrected chi connectivity index (χ0v) is 10.1. The minimum atomic E-state index is -4.46. The van der Waals surface area contributed by atoms with Gasteiger partial charge in [0.25, 0.3) is 0 Å². The van der Waals surface area contributed by atoms with Crippen molar-refractivity contribution in [2.45, 2.75) is 25.8 Å². The Morgan fingerprint density at radius 1 is 1.32 bits per heavy atom. The van der Waals surface area contributed by atoms with E-state index in [1.807, 2.05) is 0 Å². The molecule has 0 radical (unpaired) electrons. The van der Waals surface area contributed by atoms with Gasteiger partial charge in [-0.15, -0.1) is 0 Å². The summed E-state index contributed by atoms with van der Waals surface area (Å²) in [6.07, 6.45) is -6.42. The molecular weight excluding hydrogens is 259 g/mol. The number of hydrogen-bond acceptors (Lipinski definition) is 3. The van der Waals surface area contributed by atoms with E-state index >= 15 is 0 Å². The van der Waals surface area contributed by atoms with Gasteiger partial charge in [-0.1, -0.05) is 18.2 Å². The fourth-order valence-corrected chi connectivity index (χ4v) is 1.63. The van der Waals surface area contributed by atoms with Crippen LogP contribution >= 0.6 is 0 Å². The number of ether oxygens (including phenoxy) is 1. The smallest absolute Gasteiger partial charge is 0.425 e. The Morgan fingerprint density at radius 3 is 2.63 bits per heavy atom. The van der Waals surface area contributed by atoms with E-state index in [0.29, 0.717) is 10.8 Å². The van der Waals surface area contributed by atoms with Crippen LogP contribution in [0.25, 0.3) is 10.8 Å². The van der Waals surface area contributed by atoms with Crippen LogP contribution < -0.4 is 4.74 Å². The quantitative estimate of drug-likeness (QED) is 0.933. The highest BCUT2D eigenvalue weighted by atomic mass is 19.4. The summed E-state index contributed by atoms with van der Waals surface area (Å²) in [5.41, 5.74) is 0.267. The number of fused-ring (bicyclic) bond motifs is 1. The minimum Gasteiger partial charge on any atom is -0.465 e. The summed E-state index contributed by atoms with van der Waals surface area (Å²) >= 11 is 0. The number of aromatic nitrogens is 1. The van der Waals surface area contributed by atoms with E-state index in [-0.39, 0.29) is 18.2 Å². The van der Waals surface area contributed by atoms with Gasteiger partial charge in [0.2, 0.25) is 5.88 Å². The Kier molecular flexibility index (Phi) is 3.61. The fraction of sp³-hybridized carbons (Fsp3) is 0.308. The molecule has 0 aliphatic rings. The number of alkyl halides is 3. The van der Waals surface area contributed by atoms with E-state index in [4.69, 9.17) is 9.84 Å². The van der Waals surface area contributed by atoms with Crippen LogP contribution in [0.5, 0.6) is 5.88 Å². The molecule has 0 spiro atoms. The molecule has 19 heavy (non-hydrogen) atoms. The van der Waals surface area contributed by atoms with E-state index in [0.717, 1.165) is 6.92 Å². The van der Waals surface area contributed by atoms with Crippen molar-refractivity contribution in [2.75, 3.05) is 0 Å². The standard InChI is InChI=1S/C13H12F3NO2/c1-8(13(14,15)16)19-12-11-5-3-2-4-9(11)6-10(7-18)17-12/h2-6,8,18H,7H2,1H3. The summed E-state index contributed by atoms with van der Waals surface area (Å²) in [5.74, 6) is -0.119. The van der Waals surface area contributed by atoms with E-state index in [1.165, 1.54) is 0 Å². The number of nitrogens with zero attached hydrogens (tertiary/aromatic N) is 1. The van der Waals surface area contributed by atoms with Gasteiger partial charge >= 0.3 is 6.18 Å². The largest absolute Gasteiger partial charge is 0.465 e. The summed E-state index contributed by atoms with van der Waals surface area (Å²) in [6, 6.07) is 8.40. The average Bonchev–Trinajstić information content (AvgIpc) is 2.37. The van der Waals surface area contributed by atoms with Crippen LogP contribution in [-0.4, -0.2) is 22.4 Å². The van der Waals surface area contributed by atoms with Crippen LogP contribution in [0.15, 0.2) is 30.3 Å². The van der Waals surface area contributed by atoms with Gasteiger partial charge in [0.15, 0.2) is 6.10 Å². The van der Waals surface area contributed by atoms with Crippen molar-refractivity contribution in [3.8, 4) is 5.88 Å². The molecule has 2 aromatic rings. The first-order valence-electron chi connectivity index (χ1n) is 5.64. The van der Waals surface area contributed by atoms with Gasteiger partial charge in [0, 0.05) is 5.39 Å². The number of benzene rings is 1. The normalized spacial score (nSPS) is 13.5. The first-order chi connectivity index (χ1) is 8.91. The topological polar surface area (TPSA) is 42.4 Å². The molecule has 2 rings (SSSR count). The number of rotatable bonds is 3. The number of aliphatic hydroxyl groups excluding tert-OH is 1. The van der Waals surface area contributed by atoms with Crippen LogP contribution in [0.3, 0.4) is 0 Å². The van der Waals surface area contributed by atoms with Gasteiger partial charge in [0.05, 0.1) is 12.3 Å². The van der Waals surface area contributed by atoms with Gasteiger partial charge in [-0.3, -0.25) is 0 Å². The third-order valence-electron chi connectivity index (χ3n) is 2.67. The Hall–Kier alpha value is -1.82. The van der Waals surface area contributed by atoms with Crippen LogP contribution in [0.1, 0.15) is 12.6 Å². The van der Waals surface area contributed by atoms with E-state index < -0.39 is 12.3 Å². The predicted molar refractivity (Wildman–Crippen MR) is 63.8 cm³/mol. The van der Waals surface area contributed by atoms with Gasteiger partial charge in [-0.2, -0.15) is 13.2 Å². The highest BCUT2D eigenvalue weighted by molar-refractivity contribution is 5.87. The van der Waals surface area contributed by atoms with Crippen LogP contribution in [0.4, 0.5) is 13.2 Å². The molecule has 1 unspecified atom stereocenters. The lowest BCUT2D eigenvalue weighted by Crippen LogP contribution is -2.31. The Morgan fingerprint density at radius 2 is 2.00 bits per heavy atom. The molecule has 0 aliphatic carbocycles. The van der Waals surface area contributed by atoms with Gasteiger partial charge in [-0.05, 0) is 24.4 Å². The lowest BCUT2D eigenvalue weighted by atomic mass is 10.1. The monoisotopic (exact) mass is 271 g/mol. The number of aliphatic hydroxyl groups is 1. The first-order valence-corrected chi connectivity index (χ1v) is 5.64. The van der Waals surface area contributed by atoms with Gasteiger partial charge in [-0.25, -0.2) is 4.98 Å². The second-order valence-electron chi connectivity index (χ2n) is 4.10. The fourth-order valence-electron chi connectivity index (χ4n) is 1.63. The van der Waals surface area contributed by atoms with Crippen molar-refractivity contribution in [2.24, 2.45) is 0 Å². The molecule has 0 bridgehead atoms. The summed E-state index contributed by atoms with van der Waals surface area (Å²) in [5, 5.41) is 10.2. The second kappa shape index (κ2) is 5.05.